The van der Waals surface area contributed by atoms with Crippen LogP contribution in [0.15, 0.2) is 40.1 Å². The van der Waals surface area contributed by atoms with Crippen LogP contribution in [0, 0.1) is 11.3 Å². The fourth-order valence-corrected chi connectivity index (χ4v) is 2.48. The summed E-state index contributed by atoms with van der Waals surface area (Å²) in [5.41, 5.74) is 0.221. The number of nitrogens with zero attached hydrogens (tertiary/aromatic N) is 3. The topological polar surface area (TPSA) is 96.9 Å². The standard InChI is InChI=1S/C18H20N4O3/c1-3-5-13-6-8-15(9-7-13)20-16(23)12-22-17(24)14(10-19)11-21(4-2)18(22)25/h6-9,11H,3-5,12H2,1-2H3,(H,20,23). The molecule has 130 valence electrons. The van der Waals surface area contributed by atoms with Gasteiger partial charge in [-0.3, -0.25) is 14.2 Å². The normalized spacial score (nSPS) is 10.3. The van der Waals surface area contributed by atoms with Gasteiger partial charge in [-0.1, -0.05) is 25.5 Å². The molecule has 1 heterocycles. The highest BCUT2D eigenvalue weighted by Crippen LogP contribution is 2.11. The van der Waals surface area contributed by atoms with E-state index in [1.54, 1.807) is 25.1 Å². The summed E-state index contributed by atoms with van der Waals surface area (Å²) in [5, 5.41) is 11.7. The molecule has 1 aromatic heterocycles. The monoisotopic (exact) mass is 340 g/mol. The lowest BCUT2D eigenvalue weighted by Crippen LogP contribution is -2.43. The highest BCUT2D eigenvalue weighted by molar-refractivity contribution is 5.90. The van der Waals surface area contributed by atoms with Crippen molar-refractivity contribution in [1.82, 2.24) is 9.13 Å². The van der Waals surface area contributed by atoms with E-state index in [2.05, 4.69) is 12.2 Å². The predicted octanol–water partition coefficient (Wildman–Crippen LogP) is 1.49. The molecule has 0 unspecified atom stereocenters. The summed E-state index contributed by atoms with van der Waals surface area (Å²) in [7, 11) is 0. The number of carbonyl (C=O) groups excluding carboxylic acids is 1. The summed E-state index contributed by atoms with van der Waals surface area (Å²) in [6.45, 7) is 3.67. The Balaban J connectivity index is 2.22. The van der Waals surface area contributed by atoms with Gasteiger partial charge in [0.15, 0.2) is 0 Å². The Kier molecular flexibility index (Phi) is 5.90. The molecule has 0 aliphatic rings. The van der Waals surface area contributed by atoms with Crippen molar-refractivity contribution >= 4 is 11.6 Å². The summed E-state index contributed by atoms with van der Waals surface area (Å²) in [5.74, 6) is -0.500. The van der Waals surface area contributed by atoms with Gasteiger partial charge in [0, 0.05) is 18.4 Å². The first-order valence-electron chi connectivity index (χ1n) is 8.13. The van der Waals surface area contributed by atoms with Crippen LogP contribution in [0.5, 0.6) is 0 Å². The first-order valence-corrected chi connectivity index (χ1v) is 8.13. The van der Waals surface area contributed by atoms with Crippen LogP contribution in [0.4, 0.5) is 5.69 Å². The van der Waals surface area contributed by atoms with E-state index in [0.717, 1.165) is 17.4 Å². The Morgan fingerprint density at radius 2 is 1.88 bits per heavy atom. The van der Waals surface area contributed by atoms with E-state index in [1.165, 1.54) is 16.3 Å². The number of aryl methyl sites for hydroxylation is 2. The lowest BCUT2D eigenvalue weighted by atomic mass is 10.1. The van der Waals surface area contributed by atoms with E-state index in [9.17, 15) is 14.4 Å². The molecule has 0 bridgehead atoms. The Labute approximate surface area is 145 Å². The molecule has 2 aromatic rings. The van der Waals surface area contributed by atoms with Crippen molar-refractivity contribution in [2.24, 2.45) is 0 Å². The molecule has 7 heteroatoms. The zero-order valence-electron chi connectivity index (χ0n) is 14.3. The summed E-state index contributed by atoms with van der Waals surface area (Å²) in [6.07, 6.45) is 3.21. The summed E-state index contributed by atoms with van der Waals surface area (Å²) in [6, 6.07) is 9.16. The molecule has 25 heavy (non-hydrogen) atoms. The zero-order valence-corrected chi connectivity index (χ0v) is 14.3. The van der Waals surface area contributed by atoms with Gasteiger partial charge in [-0.2, -0.15) is 5.26 Å². The number of amides is 1. The lowest BCUT2D eigenvalue weighted by molar-refractivity contribution is -0.116. The number of hydrogen-bond acceptors (Lipinski definition) is 4. The molecule has 0 radical (unpaired) electrons. The van der Waals surface area contributed by atoms with Crippen LogP contribution < -0.4 is 16.6 Å². The molecule has 2 rings (SSSR count). The van der Waals surface area contributed by atoms with Gasteiger partial charge >= 0.3 is 5.69 Å². The number of rotatable bonds is 6. The van der Waals surface area contributed by atoms with Crippen molar-refractivity contribution in [3.63, 3.8) is 0 Å². The van der Waals surface area contributed by atoms with Crippen molar-refractivity contribution in [3.8, 4) is 6.07 Å². The van der Waals surface area contributed by atoms with E-state index in [0.29, 0.717) is 12.2 Å². The van der Waals surface area contributed by atoms with Crippen molar-refractivity contribution < 1.29 is 4.79 Å². The Bertz CT molecular complexity index is 917. The first-order chi connectivity index (χ1) is 12.0. The molecule has 7 nitrogen and oxygen atoms in total. The minimum absolute atomic E-state index is 0.168. The highest BCUT2D eigenvalue weighted by atomic mass is 16.2. The summed E-state index contributed by atoms with van der Waals surface area (Å²) < 4.78 is 2.01. The van der Waals surface area contributed by atoms with Crippen molar-refractivity contribution in [2.45, 2.75) is 39.8 Å². The number of hydrogen-bond donors (Lipinski definition) is 1. The first kappa shape index (κ1) is 18.2. The van der Waals surface area contributed by atoms with E-state index < -0.39 is 23.7 Å². The minimum atomic E-state index is -0.759. The molecule has 1 N–H and O–H groups in total. The lowest BCUT2D eigenvalue weighted by Gasteiger charge is -2.10. The highest BCUT2D eigenvalue weighted by Gasteiger charge is 2.14. The van der Waals surface area contributed by atoms with Crippen molar-refractivity contribution in [1.29, 1.82) is 5.26 Å². The number of benzene rings is 1. The molecule has 0 spiro atoms. The van der Waals surface area contributed by atoms with Crippen LogP contribution in [0.25, 0.3) is 0 Å². The van der Waals surface area contributed by atoms with Crippen LogP contribution in [-0.4, -0.2) is 15.0 Å². The average Bonchev–Trinajstić information content (AvgIpc) is 2.61. The predicted molar refractivity (Wildman–Crippen MR) is 94.4 cm³/mol. The second kappa shape index (κ2) is 8.11. The maximum absolute atomic E-state index is 12.2. The maximum Gasteiger partial charge on any atom is 0.331 e. The average molecular weight is 340 g/mol. The number of nitriles is 1. The Hall–Kier alpha value is -3.14. The van der Waals surface area contributed by atoms with Crippen molar-refractivity contribution in [3.05, 3.63) is 62.4 Å². The largest absolute Gasteiger partial charge is 0.331 e. The molecule has 0 fully saturated rings. The van der Waals surface area contributed by atoms with Gasteiger partial charge in [0.25, 0.3) is 5.56 Å². The third kappa shape index (κ3) is 4.23. The van der Waals surface area contributed by atoms with E-state index in [-0.39, 0.29) is 5.56 Å². The SMILES string of the molecule is CCCc1ccc(NC(=O)Cn2c(=O)c(C#N)cn(CC)c2=O)cc1. The third-order valence-corrected chi connectivity index (χ3v) is 3.78. The molecule has 0 saturated carbocycles. The fourth-order valence-electron chi connectivity index (χ4n) is 2.48. The summed E-state index contributed by atoms with van der Waals surface area (Å²) in [4.78, 5) is 36.6. The molecular weight excluding hydrogens is 320 g/mol. The van der Waals surface area contributed by atoms with E-state index in [1.807, 2.05) is 12.1 Å². The molecular formula is C18H20N4O3. The second-order valence-electron chi connectivity index (χ2n) is 5.61. The number of carbonyl (C=O) groups is 1. The number of anilines is 1. The molecule has 0 aliphatic carbocycles. The van der Waals surface area contributed by atoms with Crippen LogP contribution in [0.1, 0.15) is 31.4 Å². The molecule has 0 atom stereocenters. The summed E-state index contributed by atoms with van der Waals surface area (Å²) >= 11 is 0. The van der Waals surface area contributed by atoms with Crippen molar-refractivity contribution in [2.75, 3.05) is 5.32 Å². The molecule has 1 aromatic carbocycles. The van der Waals surface area contributed by atoms with E-state index in [4.69, 9.17) is 5.26 Å². The second-order valence-corrected chi connectivity index (χ2v) is 5.61. The number of aromatic nitrogens is 2. The quantitative estimate of drug-likeness (QED) is 0.861. The third-order valence-electron chi connectivity index (χ3n) is 3.78. The van der Waals surface area contributed by atoms with E-state index >= 15 is 0 Å². The van der Waals surface area contributed by atoms with Gasteiger partial charge < -0.3 is 5.32 Å². The molecule has 1 amide bonds. The Morgan fingerprint density at radius 3 is 2.44 bits per heavy atom. The van der Waals surface area contributed by atoms with Gasteiger partial charge in [0.05, 0.1) is 0 Å². The Morgan fingerprint density at radius 1 is 1.20 bits per heavy atom. The van der Waals surface area contributed by atoms with Gasteiger partial charge in [-0.25, -0.2) is 9.36 Å². The minimum Gasteiger partial charge on any atom is -0.325 e. The van der Waals surface area contributed by atoms with Gasteiger partial charge in [0.2, 0.25) is 5.91 Å². The van der Waals surface area contributed by atoms with Crippen LogP contribution in [0.3, 0.4) is 0 Å². The van der Waals surface area contributed by atoms with Crippen LogP contribution in [-0.2, 0) is 24.3 Å². The molecule has 0 saturated heterocycles. The zero-order chi connectivity index (χ0) is 18.4. The molecule has 0 aliphatic heterocycles. The van der Waals surface area contributed by atoms with Gasteiger partial charge in [-0.15, -0.1) is 0 Å². The van der Waals surface area contributed by atoms with Gasteiger partial charge in [0.1, 0.15) is 18.2 Å². The maximum atomic E-state index is 12.2. The number of nitrogens with one attached hydrogen (secondary N) is 1. The smallest absolute Gasteiger partial charge is 0.325 e. The van der Waals surface area contributed by atoms with Crippen LogP contribution in [0.2, 0.25) is 0 Å². The van der Waals surface area contributed by atoms with Gasteiger partial charge in [-0.05, 0) is 31.0 Å². The van der Waals surface area contributed by atoms with Crippen LogP contribution >= 0.6 is 0 Å². The fraction of sp³-hybridized carbons (Fsp3) is 0.333.